The third-order valence-electron chi connectivity index (χ3n) is 3.12. The number of rotatable bonds is 0. The van der Waals surface area contributed by atoms with Crippen LogP contribution in [0.3, 0.4) is 0 Å². The minimum atomic E-state index is 0.196. The Morgan fingerprint density at radius 2 is 2.08 bits per heavy atom. The zero-order valence-electron chi connectivity index (χ0n) is 8.93. The molecule has 1 aliphatic heterocycles. The van der Waals surface area contributed by atoms with Gasteiger partial charge in [0.1, 0.15) is 4.93 Å². The molecule has 0 amide bonds. The van der Waals surface area contributed by atoms with E-state index in [1.165, 1.54) is 25.0 Å². The molecule has 1 nitrogen and oxygen atoms in total. The second kappa shape index (κ2) is 3.16. The predicted molar refractivity (Wildman–Crippen MR) is 57.9 cm³/mol. The minimum absolute atomic E-state index is 0.196. The van der Waals surface area contributed by atoms with Crippen LogP contribution >= 0.6 is 11.8 Å². The van der Waals surface area contributed by atoms with E-state index in [-0.39, 0.29) is 4.93 Å². The van der Waals surface area contributed by atoms with Crippen molar-refractivity contribution in [1.29, 1.82) is 0 Å². The molecule has 1 saturated heterocycles. The molecule has 0 bridgehead atoms. The molecule has 1 saturated carbocycles. The molecular weight excluding hydrogens is 180 g/mol. The average Bonchev–Trinajstić information content (AvgIpc) is 2.31. The third-order valence-corrected chi connectivity index (χ3v) is 4.45. The third kappa shape index (κ3) is 2.04. The van der Waals surface area contributed by atoms with Gasteiger partial charge in [-0.05, 0) is 30.6 Å². The van der Waals surface area contributed by atoms with Crippen LogP contribution in [0, 0.1) is 11.3 Å². The van der Waals surface area contributed by atoms with E-state index in [0.29, 0.717) is 5.41 Å². The lowest BCUT2D eigenvalue weighted by molar-refractivity contribution is -0.0307. The highest BCUT2D eigenvalue weighted by molar-refractivity contribution is 8.00. The first-order valence-corrected chi connectivity index (χ1v) is 6.28. The van der Waals surface area contributed by atoms with Crippen LogP contribution in [0.15, 0.2) is 0 Å². The maximum absolute atomic E-state index is 5.95. The van der Waals surface area contributed by atoms with Crippen LogP contribution in [-0.4, -0.2) is 17.3 Å². The van der Waals surface area contributed by atoms with Crippen LogP contribution in [0.4, 0.5) is 0 Å². The van der Waals surface area contributed by atoms with Gasteiger partial charge in [-0.1, -0.05) is 20.8 Å². The highest BCUT2D eigenvalue weighted by Crippen LogP contribution is 2.52. The van der Waals surface area contributed by atoms with E-state index in [4.69, 9.17) is 4.74 Å². The highest BCUT2D eigenvalue weighted by atomic mass is 32.2. The summed E-state index contributed by atoms with van der Waals surface area (Å²) in [6, 6.07) is 0. The van der Waals surface area contributed by atoms with Gasteiger partial charge < -0.3 is 4.74 Å². The normalized spacial score (nSPS) is 44.1. The van der Waals surface area contributed by atoms with Crippen molar-refractivity contribution in [3.63, 3.8) is 0 Å². The van der Waals surface area contributed by atoms with E-state index in [1.54, 1.807) is 0 Å². The van der Waals surface area contributed by atoms with E-state index in [1.807, 2.05) is 11.8 Å². The van der Waals surface area contributed by atoms with Gasteiger partial charge in [0, 0.05) is 5.75 Å². The molecule has 76 valence electrons. The molecule has 2 aliphatic rings. The van der Waals surface area contributed by atoms with Crippen LogP contribution in [0.25, 0.3) is 0 Å². The predicted octanol–water partition coefficient (Wildman–Crippen LogP) is 3.29. The zero-order valence-corrected chi connectivity index (χ0v) is 9.75. The summed E-state index contributed by atoms with van der Waals surface area (Å²) in [5.41, 5.74) is 0.481. The summed E-state index contributed by atoms with van der Waals surface area (Å²) >= 11 is 2.05. The van der Waals surface area contributed by atoms with Crippen LogP contribution in [0.5, 0.6) is 0 Å². The van der Waals surface area contributed by atoms with Gasteiger partial charge in [0.25, 0.3) is 0 Å². The molecule has 1 aliphatic carbocycles. The second-order valence-electron chi connectivity index (χ2n) is 5.46. The minimum Gasteiger partial charge on any atom is -0.363 e. The molecule has 0 radical (unpaired) electrons. The van der Waals surface area contributed by atoms with Crippen LogP contribution < -0.4 is 0 Å². The van der Waals surface area contributed by atoms with Gasteiger partial charge in [-0.25, -0.2) is 0 Å². The molecule has 2 rings (SSSR count). The Bertz CT molecular complexity index is 194. The quantitative estimate of drug-likeness (QED) is 0.593. The first-order valence-electron chi connectivity index (χ1n) is 5.29. The zero-order chi connectivity index (χ0) is 9.53. The summed E-state index contributed by atoms with van der Waals surface area (Å²) in [7, 11) is 0. The molecule has 2 fully saturated rings. The van der Waals surface area contributed by atoms with Gasteiger partial charge in [-0.2, -0.15) is 0 Å². The van der Waals surface area contributed by atoms with Gasteiger partial charge in [0.2, 0.25) is 0 Å². The summed E-state index contributed by atoms with van der Waals surface area (Å²) in [4.78, 5) is 0.196. The Labute approximate surface area is 85.6 Å². The summed E-state index contributed by atoms with van der Waals surface area (Å²) in [5.74, 6) is 2.03. The maximum atomic E-state index is 5.95. The topological polar surface area (TPSA) is 9.23 Å². The van der Waals surface area contributed by atoms with Crippen molar-refractivity contribution in [3.8, 4) is 0 Å². The highest BCUT2D eigenvalue weighted by Gasteiger charge is 2.46. The summed E-state index contributed by atoms with van der Waals surface area (Å²) in [6.45, 7) is 8.09. The molecule has 0 N–H and O–H groups in total. The van der Waals surface area contributed by atoms with E-state index in [9.17, 15) is 0 Å². The fourth-order valence-corrected chi connectivity index (χ4v) is 4.74. The standard InChI is InChI=1S/C11H20OS/c1-9-6-10(2,3)8-11(7-9)12-4-5-13-11/h9H,4-8H2,1-3H3. The van der Waals surface area contributed by atoms with Crippen molar-refractivity contribution in [3.05, 3.63) is 0 Å². The number of ether oxygens (including phenoxy) is 1. The molecule has 0 aromatic heterocycles. The van der Waals surface area contributed by atoms with Crippen molar-refractivity contribution >= 4 is 11.8 Å². The second-order valence-corrected chi connectivity index (χ2v) is 6.90. The van der Waals surface area contributed by atoms with Gasteiger partial charge in [0.05, 0.1) is 6.61 Å². The van der Waals surface area contributed by atoms with Crippen molar-refractivity contribution in [1.82, 2.24) is 0 Å². The molecule has 1 heterocycles. The van der Waals surface area contributed by atoms with Gasteiger partial charge in [-0.3, -0.25) is 0 Å². The van der Waals surface area contributed by atoms with E-state index < -0.39 is 0 Å². The molecule has 0 aromatic carbocycles. The van der Waals surface area contributed by atoms with E-state index >= 15 is 0 Å². The van der Waals surface area contributed by atoms with Gasteiger partial charge >= 0.3 is 0 Å². The fraction of sp³-hybridized carbons (Fsp3) is 1.00. The largest absolute Gasteiger partial charge is 0.363 e. The first kappa shape index (κ1) is 9.85. The average molecular weight is 200 g/mol. The van der Waals surface area contributed by atoms with Gasteiger partial charge in [0.15, 0.2) is 0 Å². The van der Waals surface area contributed by atoms with Gasteiger partial charge in [-0.15, -0.1) is 11.8 Å². The Hall–Kier alpha value is 0.310. The number of thioether (sulfide) groups is 1. The smallest absolute Gasteiger partial charge is 0.114 e. The van der Waals surface area contributed by atoms with Crippen molar-refractivity contribution in [2.75, 3.05) is 12.4 Å². The Balaban J connectivity index is 2.12. The monoisotopic (exact) mass is 200 g/mol. The van der Waals surface area contributed by atoms with Crippen LogP contribution in [-0.2, 0) is 4.74 Å². The molecule has 2 unspecified atom stereocenters. The molecular formula is C11H20OS. The molecule has 1 spiro atoms. The summed E-state index contributed by atoms with van der Waals surface area (Å²) in [5, 5.41) is 0. The van der Waals surface area contributed by atoms with E-state index in [2.05, 4.69) is 20.8 Å². The first-order chi connectivity index (χ1) is 6.02. The lowest BCUT2D eigenvalue weighted by Gasteiger charge is -2.44. The van der Waals surface area contributed by atoms with Crippen molar-refractivity contribution < 1.29 is 4.74 Å². The molecule has 2 heteroatoms. The van der Waals surface area contributed by atoms with Crippen LogP contribution in [0.1, 0.15) is 40.0 Å². The van der Waals surface area contributed by atoms with E-state index in [0.717, 1.165) is 12.5 Å². The van der Waals surface area contributed by atoms with Crippen LogP contribution in [0.2, 0.25) is 0 Å². The Morgan fingerprint density at radius 3 is 2.62 bits per heavy atom. The number of hydrogen-bond donors (Lipinski definition) is 0. The lowest BCUT2D eigenvalue weighted by atomic mass is 9.71. The summed E-state index contributed by atoms with van der Waals surface area (Å²) in [6.07, 6.45) is 3.87. The fourth-order valence-electron chi connectivity index (χ4n) is 3.14. The summed E-state index contributed by atoms with van der Waals surface area (Å²) < 4.78 is 5.95. The molecule has 13 heavy (non-hydrogen) atoms. The molecule has 0 aromatic rings. The SMILES string of the molecule is CC1CC(C)(C)CC2(C1)OCCS2. The lowest BCUT2D eigenvalue weighted by Crippen LogP contribution is -2.39. The van der Waals surface area contributed by atoms with Crippen molar-refractivity contribution in [2.45, 2.75) is 45.0 Å². The van der Waals surface area contributed by atoms with Crippen molar-refractivity contribution in [2.24, 2.45) is 11.3 Å². The Morgan fingerprint density at radius 1 is 1.31 bits per heavy atom. The molecule has 2 atom stereocenters. The Kier molecular flexibility index (Phi) is 2.40. The maximum Gasteiger partial charge on any atom is 0.114 e. The number of hydrogen-bond acceptors (Lipinski definition) is 2.